The smallest absolute Gasteiger partial charge is 0.338 e. The molecule has 0 aromatic heterocycles. The van der Waals surface area contributed by atoms with E-state index in [1.165, 1.54) is 11.1 Å². The Morgan fingerprint density at radius 3 is 2.00 bits per heavy atom. The van der Waals surface area contributed by atoms with Crippen LogP contribution in [0.25, 0.3) is 0 Å². The standard InChI is InChI=1S/C41H41ClN2O7/c1-30(34-13-8-14-35(29-34)40(47)33-11-6-3-7-12-33)41(48)51-38(46)20-19-37(45)50-28-27-49-26-25-43-21-23-44(24-22-43)39(31-9-4-2-5-10-31)32-15-17-36(42)18-16-32/h2-20,29-30,39H,21-28H2,1H3/b20-19-/t30-,39+/m1/s1. The lowest BCUT2D eigenvalue weighted by molar-refractivity contribution is -0.157. The number of esters is 3. The summed E-state index contributed by atoms with van der Waals surface area (Å²) in [7, 11) is 0. The molecule has 1 fully saturated rings. The highest BCUT2D eigenvalue weighted by Crippen LogP contribution is 2.30. The number of carbonyl (C=O) groups excluding carboxylic acids is 4. The number of ether oxygens (including phenoxy) is 3. The summed E-state index contributed by atoms with van der Waals surface area (Å²) in [6, 6.07) is 34.1. The fraction of sp³-hybridized carbons (Fsp3) is 0.268. The molecule has 0 saturated carbocycles. The van der Waals surface area contributed by atoms with Gasteiger partial charge in [-0.25, -0.2) is 9.59 Å². The number of hydrogen-bond donors (Lipinski definition) is 0. The molecule has 0 aliphatic carbocycles. The summed E-state index contributed by atoms with van der Waals surface area (Å²) in [6.45, 7) is 6.65. The molecule has 0 radical (unpaired) electrons. The van der Waals surface area contributed by atoms with Crippen LogP contribution in [0.1, 0.15) is 51.5 Å². The number of hydrogen-bond acceptors (Lipinski definition) is 9. The number of nitrogens with zero attached hydrogens (tertiary/aromatic N) is 2. The van der Waals surface area contributed by atoms with Crippen LogP contribution in [-0.4, -0.2) is 86.0 Å². The molecule has 10 heteroatoms. The molecule has 0 amide bonds. The second-order valence-corrected chi connectivity index (χ2v) is 12.6. The van der Waals surface area contributed by atoms with Crippen LogP contribution in [0.4, 0.5) is 0 Å². The van der Waals surface area contributed by atoms with Crippen LogP contribution in [0.15, 0.2) is 121 Å². The topological polar surface area (TPSA) is 102 Å². The third-order valence-corrected chi connectivity index (χ3v) is 8.94. The highest BCUT2D eigenvalue weighted by molar-refractivity contribution is 6.30. The first-order valence-corrected chi connectivity index (χ1v) is 17.3. The SMILES string of the molecule is C[C@@H](C(=O)OC(=O)/C=C\C(=O)OCCOCCN1CCN([C@@H](c2ccccc2)c2ccc(Cl)cc2)CC1)c1cccc(C(=O)c2ccccc2)c1. The molecule has 5 rings (SSSR count). The van der Waals surface area contributed by atoms with Crippen molar-refractivity contribution in [2.45, 2.75) is 18.9 Å². The Morgan fingerprint density at radius 2 is 1.29 bits per heavy atom. The molecule has 1 aliphatic rings. The third-order valence-electron chi connectivity index (χ3n) is 8.69. The van der Waals surface area contributed by atoms with Gasteiger partial charge in [0.15, 0.2) is 5.78 Å². The summed E-state index contributed by atoms with van der Waals surface area (Å²) < 4.78 is 15.7. The molecule has 0 bridgehead atoms. The van der Waals surface area contributed by atoms with Gasteiger partial charge in [-0.1, -0.05) is 103 Å². The first-order valence-electron chi connectivity index (χ1n) is 16.9. The molecule has 9 nitrogen and oxygen atoms in total. The van der Waals surface area contributed by atoms with Crippen LogP contribution in [0.2, 0.25) is 5.02 Å². The Morgan fingerprint density at radius 1 is 0.686 bits per heavy atom. The predicted octanol–water partition coefficient (Wildman–Crippen LogP) is 6.27. The minimum atomic E-state index is -1.00. The van der Waals surface area contributed by atoms with Gasteiger partial charge in [-0.3, -0.25) is 19.4 Å². The molecule has 0 spiro atoms. The Labute approximate surface area is 303 Å². The van der Waals surface area contributed by atoms with Crippen molar-refractivity contribution in [1.29, 1.82) is 0 Å². The zero-order valence-electron chi connectivity index (χ0n) is 28.5. The quantitative estimate of drug-likeness (QED) is 0.0465. The molecule has 1 heterocycles. The number of piperazine rings is 1. The van der Waals surface area contributed by atoms with Gasteiger partial charge in [-0.2, -0.15) is 0 Å². The van der Waals surface area contributed by atoms with E-state index in [4.69, 9.17) is 25.8 Å². The van der Waals surface area contributed by atoms with E-state index in [0.29, 0.717) is 23.3 Å². The largest absolute Gasteiger partial charge is 0.460 e. The summed E-state index contributed by atoms with van der Waals surface area (Å²) in [5.74, 6) is -3.57. The summed E-state index contributed by atoms with van der Waals surface area (Å²) in [6.07, 6.45) is 1.75. The molecule has 4 aromatic rings. The number of carbonyl (C=O) groups is 4. The minimum absolute atomic E-state index is 0.0137. The number of rotatable bonds is 15. The van der Waals surface area contributed by atoms with Crippen LogP contribution in [-0.2, 0) is 28.6 Å². The van der Waals surface area contributed by atoms with Gasteiger partial charge in [0, 0.05) is 61.0 Å². The van der Waals surface area contributed by atoms with E-state index >= 15 is 0 Å². The number of ketones is 1. The Hall–Kier alpha value is -4.93. The highest BCUT2D eigenvalue weighted by Gasteiger charge is 2.26. The molecule has 1 saturated heterocycles. The lowest BCUT2D eigenvalue weighted by atomic mass is 9.96. The van der Waals surface area contributed by atoms with Gasteiger partial charge < -0.3 is 14.2 Å². The van der Waals surface area contributed by atoms with Crippen LogP contribution >= 0.6 is 11.6 Å². The van der Waals surface area contributed by atoms with Crippen molar-refractivity contribution < 1.29 is 33.4 Å². The first kappa shape index (κ1) is 37.3. The van der Waals surface area contributed by atoms with Crippen molar-refractivity contribution in [3.63, 3.8) is 0 Å². The molecular weight excluding hydrogens is 668 g/mol. The zero-order valence-corrected chi connectivity index (χ0v) is 29.2. The van der Waals surface area contributed by atoms with Crippen molar-refractivity contribution in [2.75, 3.05) is 52.5 Å². The van der Waals surface area contributed by atoms with E-state index in [-0.39, 0.29) is 25.0 Å². The maximum absolute atomic E-state index is 12.8. The van der Waals surface area contributed by atoms with Crippen LogP contribution < -0.4 is 0 Å². The lowest BCUT2D eigenvalue weighted by Gasteiger charge is -2.39. The van der Waals surface area contributed by atoms with Gasteiger partial charge >= 0.3 is 17.9 Å². The van der Waals surface area contributed by atoms with Gasteiger partial charge in [0.1, 0.15) is 6.61 Å². The molecule has 2 atom stereocenters. The molecule has 51 heavy (non-hydrogen) atoms. The molecule has 0 N–H and O–H groups in total. The number of benzene rings is 4. The van der Waals surface area contributed by atoms with E-state index in [1.807, 2.05) is 24.3 Å². The van der Waals surface area contributed by atoms with Crippen molar-refractivity contribution in [3.05, 3.63) is 154 Å². The van der Waals surface area contributed by atoms with E-state index in [1.54, 1.807) is 55.5 Å². The average molecular weight is 709 g/mol. The Balaban J connectivity index is 0.970. The van der Waals surface area contributed by atoms with Gasteiger partial charge in [-0.15, -0.1) is 0 Å². The van der Waals surface area contributed by atoms with Crippen molar-refractivity contribution in [1.82, 2.24) is 9.80 Å². The zero-order chi connectivity index (χ0) is 36.0. The van der Waals surface area contributed by atoms with E-state index in [0.717, 1.165) is 49.9 Å². The Bertz CT molecular complexity index is 1790. The second kappa shape index (κ2) is 18.9. The molecule has 0 unspecified atom stereocenters. The molecule has 4 aromatic carbocycles. The highest BCUT2D eigenvalue weighted by atomic mass is 35.5. The summed E-state index contributed by atoms with van der Waals surface area (Å²) in [4.78, 5) is 54.5. The fourth-order valence-corrected chi connectivity index (χ4v) is 6.01. The maximum Gasteiger partial charge on any atom is 0.338 e. The second-order valence-electron chi connectivity index (χ2n) is 12.1. The summed E-state index contributed by atoms with van der Waals surface area (Å²) in [5.41, 5.74) is 3.92. The van der Waals surface area contributed by atoms with Crippen molar-refractivity contribution >= 4 is 35.3 Å². The average Bonchev–Trinajstić information content (AvgIpc) is 3.17. The first-order chi connectivity index (χ1) is 24.8. The minimum Gasteiger partial charge on any atom is -0.460 e. The van der Waals surface area contributed by atoms with Gasteiger partial charge in [0.2, 0.25) is 0 Å². The lowest BCUT2D eigenvalue weighted by Crippen LogP contribution is -2.48. The van der Waals surface area contributed by atoms with Crippen LogP contribution in [0, 0.1) is 0 Å². The third kappa shape index (κ3) is 11.0. The van der Waals surface area contributed by atoms with Gasteiger partial charge in [0.05, 0.1) is 25.2 Å². The van der Waals surface area contributed by atoms with Gasteiger partial charge in [-0.05, 0) is 41.8 Å². The molecule has 264 valence electrons. The van der Waals surface area contributed by atoms with Crippen molar-refractivity contribution in [2.24, 2.45) is 0 Å². The normalized spacial score (nSPS) is 14.9. The molecular formula is C41H41ClN2O7. The summed E-state index contributed by atoms with van der Waals surface area (Å²) in [5, 5.41) is 0.722. The van der Waals surface area contributed by atoms with Crippen molar-refractivity contribution in [3.8, 4) is 0 Å². The van der Waals surface area contributed by atoms with Gasteiger partial charge in [0.25, 0.3) is 0 Å². The number of halogens is 1. The van der Waals surface area contributed by atoms with Crippen LogP contribution in [0.5, 0.6) is 0 Å². The predicted molar refractivity (Wildman–Crippen MR) is 194 cm³/mol. The van der Waals surface area contributed by atoms with E-state index in [2.05, 4.69) is 46.2 Å². The molecule has 1 aliphatic heterocycles. The monoisotopic (exact) mass is 708 g/mol. The van der Waals surface area contributed by atoms with E-state index in [9.17, 15) is 19.2 Å². The fourth-order valence-electron chi connectivity index (χ4n) is 5.88. The summed E-state index contributed by atoms with van der Waals surface area (Å²) >= 11 is 6.16. The Kier molecular flexibility index (Phi) is 13.8. The maximum atomic E-state index is 12.8. The van der Waals surface area contributed by atoms with Crippen LogP contribution in [0.3, 0.4) is 0 Å². The van der Waals surface area contributed by atoms with E-state index < -0.39 is 23.8 Å².